The predicted molar refractivity (Wildman–Crippen MR) is 119 cm³/mol. The van der Waals surface area contributed by atoms with Crippen molar-refractivity contribution in [3.8, 4) is 23.1 Å². The zero-order valence-corrected chi connectivity index (χ0v) is 17.7. The van der Waals surface area contributed by atoms with E-state index in [4.69, 9.17) is 19.3 Å². The van der Waals surface area contributed by atoms with Crippen molar-refractivity contribution in [2.24, 2.45) is 5.16 Å². The minimum absolute atomic E-state index is 0.253. The van der Waals surface area contributed by atoms with Crippen LogP contribution in [0.1, 0.15) is 18.1 Å². The van der Waals surface area contributed by atoms with Crippen molar-refractivity contribution < 1.29 is 14.3 Å². The lowest BCUT2D eigenvalue weighted by atomic mass is 10.2. The molecule has 0 unspecified atom stereocenters. The Labute approximate surface area is 181 Å². The SMILES string of the molecule is CCOc1c(ON=Cc2cccc(C)c2)nc(-c2ccccn2)nc1N1CCOCC1. The van der Waals surface area contributed by atoms with Crippen molar-refractivity contribution in [1.29, 1.82) is 0 Å². The maximum Gasteiger partial charge on any atom is 0.297 e. The Kier molecular flexibility index (Phi) is 6.68. The van der Waals surface area contributed by atoms with Crippen LogP contribution in [-0.4, -0.2) is 54.1 Å². The van der Waals surface area contributed by atoms with E-state index in [2.05, 4.69) is 20.0 Å². The lowest BCUT2D eigenvalue weighted by Crippen LogP contribution is -2.37. The molecular weight excluding hydrogens is 394 g/mol. The second-order valence-electron chi connectivity index (χ2n) is 6.99. The van der Waals surface area contributed by atoms with Crippen molar-refractivity contribution in [3.05, 3.63) is 59.8 Å². The summed E-state index contributed by atoms with van der Waals surface area (Å²) in [5, 5.41) is 4.16. The van der Waals surface area contributed by atoms with E-state index in [9.17, 15) is 0 Å². The van der Waals surface area contributed by atoms with Gasteiger partial charge in [-0.3, -0.25) is 4.98 Å². The zero-order chi connectivity index (χ0) is 21.5. The highest BCUT2D eigenvalue weighted by atomic mass is 16.6. The minimum atomic E-state index is 0.253. The van der Waals surface area contributed by atoms with Crippen molar-refractivity contribution in [1.82, 2.24) is 15.0 Å². The Morgan fingerprint density at radius 3 is 2.74 bits per heavy atom. The normalized spacial score (nSPS) is 14.1. The van der Waals surface area contributed by atoms with Crippen molar-refractivity contribution >= 4 is 12.0 Å². The molecule has 1 fully saturated rings. The van der Waals surface area contributed by atoms with Gasteiger partial charge < -0.3 is 19.2 Å². The molecule has 0 atom stereocenters. The lowest BCUT2D eigenvalue weighted by Gasteiger charge is -2.29. The van der Waals surface area contributed by atoms with Crippen LogP contribution in [0.2, 0.25) is 0 Å². The number of hydrogen-bond acceptors (Lipinski definition) is 8. The van der Waals surface area contributed by atoms with Gasteiger partial charge in [-0.2, -0.15) is 4.98 Å². The van der Waals surface area contributed by atoms with Crippen LogP contribution in [0.4, 0.5) is 5.82 Å². The average Bonchev–Trinajstić information content (AvgIpc) is 2.81. The van der Waals surface area contributed by atoms with E-state index >= 15 is 0 Å². The molecule has 1 aliphatic rings. The van der Waals surface area contributed by atoms with Crippen LogP contribution in [-0.2, 0) is 4.74 Å². The number of aryl methyl sites for hydroxylation is 1. The molecule has 0 radical (unpaired) electrons. The first-order chi connectivity index (χ1) is 15.2. The van der Waals surface area contributed by atoms with E-state index in [1.807, 2.05) is 56.3 Å². The summed E-state index contributed by atoms with van der Waals surface area (Å²) in [6, 6.07) is 13.6. The van der Waals surface area contributed by atoms with E-state index in [1.165, 1.54) is 0 Å². The quantitative estimate of drug-likeness (QED) is 0.428. The van der Waals surface area contributed by atoms with E-state index in [0.29, 0.717) is 56.0 Å². The molecule has 0 N–H and O–H groups in total. The van der Waals surface area contributed by atoms with Gasteiger partial charge in [-0.1, -0.05) is 41.1 Å². The van der Waals surface area contributed by atoms with Gasteiger partial charge in [-0.15, -0.1) is 0 Å². The molecule has 8 nitrogen and oxygen atoms in total. The topological polar surface area (TPSA) is 82.0 Å². The van der Waals surface area contributed by atoms with Crippen molar-refractivity contribution in [3.63, 3.8) is 0 Å². The first-order valence-corrected chi connectivity index (χ1v) is 10.3. The summed E-state index contributed by atoms with van der Waals surface area (Å²) < 4.78 is 11.4. The molecule has 0 bridgehead atoms. The molecule has 8 heteroatoms. The molecule has 4 rings (SSSR count). The van der Waals surface area contributed by atoms with Crippen LogP contribution >= 0.6 is 0 Å². The summed E-state index contributed by atoms with van der Waals surface area (Å²) in [4.78, 5) is 21.6. The summed E-state index contributed by atoms with van der Waals surface area (Å²) in [7, 11) is 0. The molecule has 0 saturated carbocycles. The van der Waals surface area contributed by atoms with Crippen LogP contribution in [0, 0.1) is 6.92 Å². The van der Waals surface area contributed by atoms with Crippen LogP contribution in [0.15, 0.2) is 53.8 Å². The largest absolute Gasteiger partial charge is 0.485 e. The van der Waals surface area contributed by atoms with Crippen molar-refractivity contribution in [2.75, 3.05) is 37.8 Å². The third-order valence-corrected chi connectivity index (χ3v) is 4.69. The van der Waals surface area contributed by atoms with Gasteiger partial charge in [0.2, 0.25) is 5.75 Å². The number of oxime groups is 1. The van der Waals surface area contributed by atoms with Gasteiger partial charge in [0.1, 0.15) is 5.69 Å². The number of benzene rings is 1. The number of hydrogen-bond donors (Lipinski definition) is 0. The molecule has 2 aromatic heterocycles. The molecule has 0 spiro atoms. The van der Waals surface area contributed by atoms with Gasteiger partial charge in [0.25, 0.3) is 5.88 Å². The molecule has 1 aliphatic heterocycles. The van der Waals surface area contributed by atoms with Crippen LogP contribution < -0.4 is 14.5 Å². The summed E-state index contributed by atoms with van der Waals surface area (Å²) in [5.74, 6) is 1.82. The summed E-state index contributed by atoms with van der Waals surface area (Å²) >= 11 is 0. The fourth-order valence-electron chi connectivity index (χ4n) is 3.24. The van der Waals surface area contributed by atoms with Crippen LogP contribution in [0.5, 0.6) is 11.6 Å². The summed E-state index contributed by atoms with van der Waals surface area (Å²) in [6.45, 7) is 7.03. The van der Waals surface area contributed by atoms with Crippen LogP contribution in [0.3, 0.4) is 0 Å². The molecule has 3 aromatic rings. The molecule has 31 heavy (non-hydrogen) atoms. The third-order valence-electron chi connectivity index (χ3n) is 4.69. The van der Waals surface area contributed by atoms with Crippen molar-refractivity contribution in [2.45, 2.75) is 13.8 Å². The molecule has 0 aliphatic carbocycles. The first-order valence-electron chi connectivity index (χ1n) is 10.3. The number of anilines is 1. The molecular formula is C23H25N5O3. The van der Waals surface area contributed by atoms with E-state index in [0.717, 1.165) is 11.1 Å². The molecule has 1 aromatic carbocycles. The zero-order valence-electron chi connectivity index (χ0n) is 17.7. The summed E-state index contributed by atoms with van der Waals surface area (Å²) in [6.07, 6.45) is 3.36. The Morgan fingerprint density at radius 2 is 2.00 bits per heavy atom. The highest BCUT2D eigenvalue weighted by Gasteiger charge is 2.25. The Morgan fingerprint density at radius 1 is 1.13 bits per heavy atom. The van der Waals surface area contributed by atoms with Gasteiger partial charge in [0, 0.05) is 19.3 Å². The predicted octanol–water partition coefficient (Wildman–Crippen LogP) is 3.50. The summed E-state index contributed by atoms with van der Waals surface area (Å²) in [5.41, 5.74) is 2.73. The molecule has 0 amide bonds. The Hall–Kier alpha value is -3.52. The number of rotatable bonds is 7. The van der Waals surface area contributed by atoms with E-state index < -0.39 is 0 Å². The number of pyridine rings is 1. The first kappa shape index (κ1) is 20.7. The van der Waals surface area contributed by atoms with Gasteiger partial charge in [0.15, 0.2) is 11.6 Å². The third kappa shape index (κ3) is 5.16. The second-order valence-corrected chi connectivity index (χ2v) is 6.99. The molecule has 1 saturated heterocycles. The maximum absolute atomic E-state index is 5.91. The number of aromatic nitrogens is 3. The number of nitrogens with zero attached hydrogens (tertiary/aromatic N) is 5. The van der Waals surface area contributed by atoms with Gasteiger partial charge in [0.05, 0.1) is 26.0 Å². The fourth-order valence-corrected chi connectivity index (χ4v) is 3.24. The Bertz CT molecular complexity index is 1040. The lowest BCUT2D eigenvalue weighted by molar-refractivity contribution is 0.122. The van der Waals surface area contributed by atoms with E-state index in [-0.39, 0.29) is 5.88 Å². The highest BCUT2D eigenvalue weighted by molar-refractivity contribution is 5.79. The molecule has 160 valence electrons. The monoisotopic (exact) mass is 419 g/mol. The number of morpholine rings is 1. The van der Waals surface area contributed by atoms with Gasteiger partial charge >= 0.3 is 0 Å². The number of ether oxygens (including phenoxy) is 2. The highest BCUT2D eigenvalue weighted by Crippen LogP contribution is 2.37. The second kappa shape index (κ2) is 9.99. The standard InChI is InChI=1S/C23H25N5O3/c1-3-30-20-22(28-11-13-29-14-12-28)26-21(19-9-4-5-10-24-19)27-23(20)31-25-16-18-8-6-7-17(2)15-18/h4-10,15-16H,3,11-14H2,1-2H3. The fraction of sp³-hybridized carbons (Fsp3) is 0.304. The minimum Gasteiger partial charge on any atom is -0.485 e. The maximum atomic E-state index is 5.91. The molecule has 3 heterocycles. The Balaban J connectivity index is 1.73. The average molecular weight is 419 g/mol. The van der Waals surface area contributed by atoms with Gasteiger partial charge in [-0.05, 0) is 31.5 Å². The van der Waals surface area contributed by atoms with Crippen LogP contribution in [0.25, 0.3) is 11.5 Å². The van der Waals surface area contributed by atoms with E-state index in [1.54, 1.807) is 12.4 Å². The smallest absolute Gasteiger partial charge is 0.297 e. The van der Waals surface area contributed by atoms with Gasteiger partial charge in [-0.25, -0.2) is 4.98 Å².